The average Bonchev–Trinajstić information content (AvgIpc) is 3.28. The van der Waals surface area contributed by atoms with E-state index < -0.39 is 21.5 Å². The molecule has 0 aromatic heterocycles. The van der Waals surface area contributed by atoms with E-state index in [-0.39, 0.29) is 18.1 Å². The summed E-state index contributed by atoms with van der Waals surface area (Å²) in [5, 5.41) is 0. The Morgan fingerprint density at radius 2 is 1.00 bits per heavy atom. The molecule has 0 heterocycles. The molecule has 0 nitrogen and oxygen atoms in total. The molecular weight excluding hydrogens is 527 g/mol. The molecule has 4 heteroatoms. The zero-order chi connectivity index (χ0) is 23.7. The van der Waals surface area contributed by atoms with Crippen molar-refractivity contribution in [1.29, 1.82) is 0 Å². The SMILES string of the molecule is C[SiH](C)[Zr]([Cl])([Cl])([CH]1C=C(C(C)(C)C)c2ccccc21)[CH]1C=C(C(C)(C)C)c2ccccc21. The van der Waals surface area contributed by atoms with Gasteiger partial charge in [-0.2, -0.15) is 0 Å². The topological polar surface area (TPSA) is 0 Å². The second-order valence-electron chi connectivity index (χ2n) is 12.2. The van der Waals surface area contributed by atoms with E-state index in [0.717, 1.165) is 0 Å². The summed E-state index contributed by atoms with van der Waals surface area (Å²) in [7, 11) is 16.4. The molecule has 2 aromatic rings. The third-order valence-electron chi connectivity index (χ3n) is 7.75. The molecule has 0 spiro atoms. The van der Waals surface area contributed by atoms with Crippen molar-refractivity contribution in [2.24, 2.45) is 10.8 Å². The van der Waals surface area contributed by atoms with Crippen LogP contribution in [-0.2, 0) is 15.6 Å². The number of allylic oxidation sites excluding steroid dienone is 4. The van der Waals surface area contributed by atoms with Crippen molar-refractivity contribution in [1.82, 2.24) is 0 Å². The number of fused-ring (bicyclic) bond motifs is 2. The van der Waals surface area contributed by atoms with E-state index >= 15 is 0 Å². The molecule has 0 fully saturated rings. The number of rotatable bonds is 3. The monoisotopic (exact) mass is 561 g/mol. The number of halogens is 2. The first-order chi connectivity index (χ1) is 14.7. The Morgan fingerprint density at radius 3 is 1.31 bits per heavy atom. The van der Waals surface area contributed by atoms with Crippen molar-refractivity contribution in [3.8, 4) is 0 Å². The molecule has 4 rings (SSSR count). The van der Waals surface area contributed by atoms with Crippen LogP contribution in [0, 0.1) is 10.8 Å². The first kappa shape index (κ1) is 24.7. The zero-order valence-corrected chi connectivity index (χ0v) is 25.9. The van der Waals surface area contributed by atoms with Gasteiger partial charge in [0.2, 0.25) is 0 Å². The second kappa shape index (κ2) is 7.81. The van der Waals surface area contributed by atoms with Gasteiger partial charge in [0, 0.05) is 0 Å². The first-order valence-electron chi connectivity index (χ1n) is 11.9. The van der Waals surface area contributed by atoms with E-state index in [1.807, 2.05) is 0 Å². The van der Waals surface area contributed by atoms with E-state index in [1.165, 1.54) is 33.4 Å². The Labute approximate surface area is 203 Å². The Kier molecular flexibility index (Phi) is 6.03. The van der Waals surface area contributed by atoms with Crippen LogP contribution in [0.5, 0.6) is 0 Å². The molecule has 32 heavy (non-hydrogen) atoms. The normalized spacial score (nSPS) is 22.2. The number of hydrogen-bond acceptors (Lipinski definition) is 0. The standard InChI is InChI=1S/2C13H15.C2H7Si.2ClH.Zr/c2*1-13(2,3)12-9-8-10-6-4-5-7-11(10)12;1-3-2;;;/h2*4-9H,1-3H3;3H,1-2H3;2*1H;/q;;;;;+2/p-2. The molecule has 0 bridgehead atoms. The van der Waals surface area contributed by atoms with Crippen LogP contribution in [-0.4, -0.2) is 5.92 Å². The maximum absolute atomic E-state index is 8.18. The van der Waals surface area contributed by atoms with E-state index in [1.54, 1.807) is 0 Å². The van der Waals surface area contributed by atoms with Gasteiger partial charge in [0.25, 0.3) is 0 Å². The summed E-state index contributed by atoms with van der Waals surface area (Å²) in [6.45, 7) is 18.6. The zero-order valence-electron chi connectivity index (χ0n) is 20.8. The van der Waals surface area contributed by atoms with Crippen LogP contribution in [0.1, 0.15) is 71.0 Å². The summed E-state index contributed by atoms with van der Waals surface area (Å²) in [4.78, 5) is 0. The van der Waals surface area contributed by atoms with Crippen LogP contribution in [0.3, 0.4) is 0 Å². The molecule has 0 saturated carbocycles. The molecule has 2 aromatic carbocycles. The summed E-state index contributed by atoms with van der Waals surface area (Å²) < 4.78 is 0.316. The van der Waals surface area contributed by atoms with Gasteiger partial charge in [-0.25, -0.2) is 0 Å². The van der Waals surface area contributed by atoms with Gasteiger partial charge in [-0.15, -0.1) is 0 Å². The summed E-state index contributed by atoms with van der Waals surface area (Å²) in [6, 6.07) is 17.8. The molecule has 0 amide bonds. The summed E-state index contributed by atoms with van der Waals surface area (Å²) >= 11 is -4.48. The maximum atomic E-state index is 8.18. The molecule has 171 valence electrons. The van der Waals surface area contributed by atoms with Crippen molar-refractivity contribution in [2.75, 3.05) is 0 Å². The van der Waals surface area contributed by atoms with Crippen molar-refractivity contribution < 1.29 is 15.6 Å². The Balaban J connectivity index is 2.01. The molecule has 2 aliphatic carbocycles. The summed E-state index contributed by atoms with van der Waals surface area (Å²) in [5.41, 5.74) is 8.36. The van der Waals surface area contributed by atoms with E-state index in [4.69, 9.17) is 17.0 Å². The quantitative estimate of drug-likeness (QED) is 0.326. The van der Waals surface area contributed by atoms with Gasteiger partial charge < -0.3 is 0 Å². The minimum absolute atomic E-state index is 0.0558. The molecule has 2 unspecified atom stereocenters. The van der Waals surface area contributed by atoms with Crippen LogP contribution in [0.2, 0.25) is 13.1 Å². The fraction of sp³-hybridized carbons (Fsp3) is 0.429. The van der Waals surface area contributed by atoms with Gasteiger partial charge >= 0.3 is 205 Å². The van der Waals surface area contributed by atoms with E-state index in [0.29, 0.717) is 0 Å². The number of hydrogen-bond donors (Lipinski definition) is 0. The van der Waals surface area contributed by atoms with Gasteiger partial charge in [0.15, 0.2) is 0 Å². The van der Waals surface area contributed by atoms with Gasteiger partial charge in [0.05, 0.1) is 0 Å². The molecule has 0 saturated heterocycles. The Bertz CT molecular complexity index is 1050. The molecular formula is C28H37Cl2SiZr. The third kappa shape index (κ3) is 3.64. The first-order valence-corrected chi connectivity index (χ1v) is 28.2. The number of benzene rings is 2. The molecule has 2 atom stereocenters. The van der Waals surface area contributed by atoms with Crippen LogP contribution in [0.4, 0.5) is 0 Å². The Morgan fingerprint density at radius 1 is 0.656 bits per heavy atom. The minimum atomic E-state index is -4.48. The van der Waals surface area contributed by atoms with Gasteiger partial charge in [-0.05, 0) is 0 Å². The molecule has 0 aliphatic heterocycles. The van der Waals surface area contributed by atoms with Gasteiger partial charge in [-0.3, -0.25) is 0 Å². The predicted octanol–water partition coefficient (Wildman–Crippen LogP) is 9.34. The van der Waals surface area contributed by atoms with Gasteiger partial charge in [-0.1, -0.05) is 0 Å². The summed E-state index contributed by atoms with van der Waals surface area (Å²) in [6.07, 6.45) is 4.99. The fourth-order valence-electron chi connectivity index (χ4n) is 5.85. The van der Waals surface area contributed by atoms with Gasteiger partial charge in [0.1, 0.15) is 0 Å². The second-order valence-corrected chi connectivity index (χ2v) is 54.9. The van der Waals surface area contributed by atoms with Crippen molar-refractivity contribution >= 4 is 34.1 Å². The third-order valence-corrected chi connectivity index (χ3v) is 59.7. The van der Waals surface area contributed by atoms with Crippen molar-refractivity contribution in [3.05, 3.63) is 82.9 Å². The van der Waals surface area contributed by atoms with Crippen molar-refractivity contribution in [3.63, 3.8) is 0 Å². The van der Waals surface area contributed by atoms with Crippen LogP contribution in [0.15, 0.2) is 60.7 Å². The fourth-order valence-corrected chi connectivity index (χ4v) is 32.9. The van der Waals surface area contributed by atoms with Crippen LogP contribution >= 0.6 is 17.0 Å². The van der Waals surface area contributed by atoms with Crippen LogP contribution < -0.4 is 0 Å². The van der Waals surface area contributed by atoms with E-state index in [2.05, 4.69) is 115 Å². The average molecular weight is 564 g/mol. The molecule has 0 N–H and O–H groups in total. The predicted molar refractivity (Wildman–Crippen MR) is 144 cm³/mol. The molecule has 2 aliphatic rings. The Hall–Kier alpha value is -0.400. The van der Waals surface area contributed by atoms with Crippen molar-refractivity contribution in [2.45, 2.75) is 61.9 Å². The van der Waals surface area contributed by atoms with E-state index in [9.17, 15) is 0 Å². The summed E-state index contributed by atoms with van der Waals surface area (Å²) in [5.74, 6) is -1.45. The van der Waals surface area contributed by atoms with Crippen LogP contribution in [0.25, 0.3) is 11.1 Å². The molecule has 0 radical (unpaired) electrons.